The van der Waals surface area contributed by atoms with Crippen LogP contribution < -0.4 is 5.73 Å². The fourth-order valence-electron chi connectivity index (χ4n) is 0.833. The molecule has 0 bridgehead atoms. The Morgan fingerprint density at radius 3 is 2.80 bits per heavy atom. The van der Waals surface area contributed by atoms with Gasteiger partial charge in [0.05, 0.1) is 16.3 Å². The predicted octanol–water partition coefficient (Wildman–Crippen LogP) is 1.83. The maximum Gasteiger partial charge on any atom is 0.367 e. The van der Waals surface area contributed by atoms with Crippen LogP contribution in [0.2, 0.25) is 5.02 Å². The first-order valence-corrected chi connectivity index (χ1v) is 4.72. The lowest BCUT2D eigenvalue weighted by Gasteiger charge is -2.00. The van der Waals surface area contributed by atoms with E-state index in [2.05, 4.69) is 9.99 Å². The summed E-state index contributed by atoms with van der Waals surface area (Å²) < 4.78 is 0. The van der Waals surface area contributed by atoms with Crippen molar-refractivity contribution in [3.63, 3.8) is 0 Å². The molecule has 1 aromatic rings. The molecule has 5 heteroatoms. The van der Waals surface area contributed by atoms with Crippen LogP contribution in [0.25, 0.3) is 0 Å². The Labute approximate surface area is 92.7 Å². The van der Waals surface area contributed by atoms with Crippen LogP contribution in [0, 0.1) is 0 Å². The fraction of sp³-hybridized carbons (Fsp3) is 0.200. The van der Waals surface area contributed by atoms with Crippen molar-refractivity contribution in [3.8, 4) is 0 Å². The topological polar surface area (TPSA) is 64.7 Å². The minimum Gasteiger partial charge on any atom is -0.325 e. The van der Waals surface area contributed by atoms with Gasteiger partial charge < -0.3 is 10.6 Å². The first-order valence-electron chi connectivity index (χ1n) is 4.34. The van der Waals surface area contributed by atoms with Gasteiger partial charge in [-0.3, -0.25) is 0 Å². The van der Waals surface area contributed by atoms with Crippen LogP contribution in [0.3, 0.4) is 0 Å². The van der Waals surface area contributed by atoms with Gasteiger partial charge in [0, 0.05) is 6.54 Å². The monoisotopic (exact) mass is 226 g/mol. The Hall–Kier alpha value is -1.39. The van der Waals surface area contributed by atoms with Gasteiger partial charge in [-0.15, -0.1) is 0 Å². The van der Waals surface area contributed by atoms with Crippen LogP contribution in [-0.4, -0.2) is 18.2 Å². The van der Waals surface area contributed by atoms with Gasteiger partial charge in [-0.25, -0.2) is 4.79 Å². The van der Waals surface area contributed by atoms with Gasteiger partial charge in [0.15, 0.2) is 0 Å². The summed E-state index contributed by atoms with van der Waals surface area (Å²) in [5, 5.41) is 3.88. The maximum atomic E-state index is 11.4. The summed E-state index contributed by atoms with van der Waals surface area (Å²) in [5.41, 5.74) is 6.10. The molecule has 1 aromatic carbocycles. The molecule has 0 unspecified atom stereocenters. The first-order chi connectivity index (χ1) is 7.15. The van der Waals surface area contributed by atoms with E-state index in [0.717, 1.165) is 0 Å². The molecule has 0 aliphatic rings. The summed E-state index contributed by atoms with van der Waals surface area (Å²) in [4.78, 5) is 16.1. The van der Waals surface area contributed by atoms with Gasteiger partial charge in [0.25, 0.3) is 0 Å². The first kappa shape index (κ1) is 11.7. The van der Waals surface area contributed by atoms with Gasteiger partial charge in [-0.05, 0) is 19.1 Å². The van der Waals surface area contributed by atoms with Crippen molar-refractivity contribution in [2.75, 3.05) is 6.54 Å². The number of nitrogens with two attached hydrogens (primary N) is 1. The molecule has 1 rings (SSSR count). The Kier molecular flexibility index (Phi) is 4.27. The number of carbonyl (C=O) groups is 1. The summed E-state index contributed by atoms with van der Waals surface area (Å²) in [6, 6.07) is 6.60. The third kappa shape index (κ3) is 3.34. The van der Waals surface area contributed by atoms with E-state index in [1.54, 1.807) is 31.2 Å². The van der Waals surface area contributed by atoms with Crippen molar-refractivity contribution in [1.82, 2.24) is 0 Å². The second kappa shape index (κ2) is 5.48. The van der Waals surface area contributed by atoms with E-state index in [1.807, 2.05) is 0 Å². The molecule has 80 valence electrons. The number of hydrogen-bond acceptors (Lipinski definition) is 4. The molecule has 2 N–H and O–H groups in total. The molecule has 0 aliphatic heterocycles. The highest BCUT2D eigenvalue weighted by Crippen LogP contribution is 2.15. The van der Waals surface area contributed by atoms with Crippen molar-refractivity contribution in [2.45, 2.75) is 6.92 Å². The second-order valence-corrected chi connectivity index (χ2v) is 3.30. The van der Waals surface area contributed by atoms with E-state index in [1.165, 1.54) is 0 Å². The van der Waals surface area contributed by atoms with Crippen LogP contribution >= 0.6 is 11.6 Å². The maximum absolute atomic E-state index is 11.4. The normalized spacial score (nSPS) is 11.3. The Morgan fingerprint density at radius 1 is 1.53 bits per heavy atom. The number of carbonyl (C=O) groups excluding carboxylic acids is 1. The summed E-state index contributed by atoms with van der Waals surface area (Å²) in [5.74, 6) is -0.589. The minimum absolute atomic E-state index is 0.246. The average molecular weight is 227 g/mol. The van der Waals surface area contributed by atoms with Crippen molar-refractivity contribution in [2.24, 2.45) is 10.9 Å². The molecule has 0 spiro atoms. The van der Waals surface area contributed by atoms with Gasteiger partial charge in [0.2, 0.25) is 0 Å². The summed E-state index contributed by atoms with van der Waals surface area (Å²) in [6.45, 7) is 1.91. The molecule has 4 nitrogen and oxygen atoms in total. The van der Waals surface area contributed by atoms with Crippen molar-refractivity contribution in [3.05, 3.63) is 34.9 Å². The van der Waals surface area contributed by atoms with E-state index in [4.69, 9.17) is 17.3 Å². The van der Waals surface area contributed by atoms with Crippen molar-refractivity contribution in [1.29, 1.82) is 0 Å². The molecule has 0 heterocycles. The lowest BCUT2D eigenvalue weighted by Crippen LogP contribution is -2.11. The smallest absolute Gasteiger partial charge is 0.325 e. The zero-order valence-corrected chi connectivity index (χ0v) is 8.99. The highest BCUT2D eigenvalue weighted by molar-refractivity contribution is 6.33. The van der Waals surface area contributed by atoms with E-state index in [0.29, 0.717) is 10.7 Å². The highest BCUT2D eigenvalue weighted by Gasteiger charge is 2.10. The summed E-state index contributed by atoms with van der Waals surface area (Å²) >= 11 is 5.79. The number of oxime groups is 1. The molecule has 0 saturated heterocycles. The van der Waals surface area contributed by atoms with Gasteiger partial charge in [-0.2, -0.15) is 0 Å². The average Bonchev–Trinajstić information content (AvgIpc) is 2.26. The molecule has 0 radical (unpaired) electrons. The number of rotatable bonds is 3. The second-order valence-electron chi connectivity index (χ2n) is 2.89. The Balaban J connectivity index is 2.74. The van der Waals surface area contributed by atoms with Crippen LogP contribution in [0.1, 0.15) is 17.3 Å². The quantitative estimate of drug-likeness (QED) is 0.486. The van der Waals surface area contributed by atoms with Gasteiger partial charge >= 0.3 is 5.97 Å². The molecule has 0 aliphatic carbocycles. The number of hydrogen-bond donors (Lipinski definition) is 1. The molecule has 0 fully saturated rings. The third-order valence-corrected chi connectivity index (χ3v) is 2.00. The molecule has 0 atom stereocenters. The number of nitrogens with zero attached hydrogens (tertiary/aromatic N) is 1. The Bertz CT molecular complexity index is 391. The SMILES string of the molecule is C/C(CN)=N\OC(=O)c1ccccc1Cl. The largest absolute Gasteiger partial charge is 0.367 e. The Morgan fingerprint density at radius 2 is 2.20 bits per heavy atom. The van der Waals surface area contributed by atoms with E-state index < -0.39 is 5.97 Å². The molecular weight excluding hydrogens is 216 g/mol. The van der Waals surface area contributed by atoms with E-state index in [9.17, 15) is 4.79 Å². The van der Waals surface area contributed by atoms with Crippen LogP contribution in [0.4, 0.5) is 0 Å². The molecule has 0 saturated carbocycles. The van der Waals surface area contributed by atoms with Crippen LogP contribution in [-0.2, 0) is 4.84 Å². The van der Waals surface area contributed by atoms with E-state index >= 15 is 0 Å². The van der Waals surface area contributed by atoms with Crippen molar-refractivity contribution >= 4 is 23.3 Å². The molecule has 15 heavy (non-hydrogen) atoms. The van der Waals surface area contributed by atoms with Crippen LogP contribution in [0.15, 0.2) is 29.4 Å². The van der Waals surface area contributed by atoms with Gasteiger partial charge in [-0.1, -0.05) is 28.9 Å². The molecule has 0 aromatic heterocycles. The lowest BCUT2D eigenvalue weighted by molar-refractivity contribution is 0.0516. The molecule has 0 amide bonds. The number of halogens is 1. The third-order valence-electron chi connectivity index (χ3n) is 1.67. The van der Waals surface area contributed by atoms with Gasteiger partial charge in [0.1, 0.15) is 0 Å². The zero-order valence-electron chi connectivity index (χ0n) is 8.24. The fourth-order valence-corrected chi connectivity index (χ4v) is 1.05. The van der Waals surface area contributed by atoms with Crippen molar-refractivity contribution < 1.29 is 9.63 Å². The zero-order chi connectivity index (χ0) is 11.3. The highest BCUT2D eigenvalue weighted by atomic mass is 35.5. The van der Waals surface area contributed by atoms with Crippen LogP contribution in [0.5, 0.6) is 0 Å². The molecular formula is C10H11ClN2O2. The lowest BCUT2D eigenvalue weighted by atomic mass is 10.2. The minimum atomic E-state index is -0.589. The van der Waals surface area contributed by atoms with E-state index in [-0.39, 0.29) is 12.1 Å². The predicted molar refractivity (Wildman–Crippen MR) is 59.0 cm³/mol. The standard InChI is InChI=1S/C10H11ClN2O2/c1-7(6-12)13-15-10(14)8-4-2-3-5-9(8)11/h2-5H,6,12H2,1H3/b13-7+. The summed E-state index contributed by atoms with van der Waals surface area (Å²) in [6.07, 6.45) is 0. The number of benzene rings is 1. The summed E-state index contributed by atoms with van der Waals surface area (Å²) in [7, 11) is 0.